The predicted molar refractivity (Wildman–Crippen MR) is 181 cm³/mol. The Morgan fingerprint density at radius 2 is 1.49 bits per heavy atom. The molecule has 0 N–H and O–H groups in total. The van der Waals surface area contributed by atoms with E-state index in [0.717, 1.165) is 64.9 Å². The van der Waals surface area contributed by atoms with Crippen LogP contribution in [-0.4, -0.2) is 43.9 Å². The van der Waals surface area contributed by atoms with Gasteiger partial charge in [0.2, 0.25) is 0 Å². The first-order valence-electron chi connectivity index (χ1n) is 15.5. The van der Waals surface area contributed by atoms with Gasteiger partial charge in [0.25, 0.3) is 0 Å². The standard InChI is InChI=1S/C39H38N4/c1-3-42(4-2)33-19-13-31(14-20-33)17-23-35-36-10-6-7-11-39(36)41-29-38(35)37-28-40-25-24-32(37)18-12-30-15-21-34(22-16-30)43-26-8-5-9-27-43/h6-7,10-11,13-16,19-22,24-25,29,37H,3-5,8-9,26-28H2,1-2H3. The molecule has 1 aromatic heterocycles. The van der Waals surface area contributed by atoms with Crippen LogP contribution >= 0.6 is 0 Å². The molecule has 3 aromatic carbocycles. The molecule has 0 saturated carbocycles. The number of para-hydroxylation sites is 1. The Morgan fingerprint density at radius 1 is 0.791 bits per heavy atom. The maximum atomic E-state index is 4.82. The zero-order valence-electron chi connectivity index (χ0n) is 25.2. The Kier molecular flexibility index (Phi) is 8.86. The predicted octanol–water partition coefficient (Wildman–Crippen LogP) is 7.62. The van der Waals surface area contributed by atoms with Crippen molar-refractivity contribution in [2.75, 3.05) is 42.5 Å². The minimum absolute atomic E-state index is 0.00317. The van der Waals surface area contributed by atoms with Crippen LogP contribution in [0.5, 0.6) is 0 Å². The number of hydrogen-bond acceptors (Lipinski definition) is 4. The van der Waals surface area contributed by atoms with Crippen molar-refractivity contribution < 1.29 is 0 Å². The highest BCUT2D eigenvalue weighted by molar-refractivity contribution is 5.87. The zero-order valence-corrected chi connectivity index (χ0v) is 25.2. The number of dihydropyridines is 1. The Hall–Kier alpha value is -4.80. The fraction of sp³-hybridized carbons (Fsp3) is 0.282. The van der Waals surface area contributed by atoms with Gasteiger partial charge in [0.1, 0.15) is 0 Å². The smallest absolute Gasteiger partial charge is 0.0714 e. The number of benzene rings is 3. The molecule has 0 aliphatic carbocycles. The molecule has 4 nitrogen and oxygen atoms in total. The van der Waals surface area contributed by atoms with Crippen LogP contribution in [0.1, 0.15) is 61.3 Å². The van der Waals surface area contributed by atoms with Crippen molar-refractivity contribution in [3.8, 4) is 23.7 Å². The van der Waals surface area contributed by atoms with E-state index in [1.54, 1.807) is 0 Å². The summed E-state index contributed by atoms with van der Waals surface area (Å²) >= 11 is 0. The van der Waals surface area contributed by atoms with Crippen LogP contribution in [0.2, 0.25) is 0 Å². The number of piperidine rings is 1. The number of anilines is 2. The number of aromatic nitrogens is 1. The minimum atomic E-state index is -0.00317. The number of allylic oxidation sites excluding steroid dienone is 1. The third-order valence-electron chi connectivity index (χ3n) is 8.47. The second-order valence-electron chi connectivity index (χ2n) is 11.1. The lowest BCUT2D eigenvalue weighted by Gasteiger charge is -2.28. The molecule has 1 unspecified atom stereocenters. The monoisotopic (exact) mass is 562 g/mol. The van der Waals surface area contributed by atoms with Crippen LogP contribution in [0.3, 0.4) is 0 Å². The van der Waals surface area contributed by atoms with Crippen molar-refractivity contribution in [3.63, 3.8) is 0 Å². The lowest BCUT2D eigenvalue weighted by atomic mass is 9.86. The van der Waals surface area contributed by atoms with Gasteiger partial charge in [-0.3, -0.25) is 9.98 Å². The zero-order chi connectivity index (χ0) is 29.4. The molecular weight excluding hydrogens is 524 g/mol. The quantitative estimate of drug-likeness (QED) is 0.235. The van der Waals surface area contributed by atoms with Crippen molar-refractivity contribution in [1.82, 2.24) is 4.98 Å². The molecule has 1 fully saturated rings. The van der Waals surface area contributed by atoms with Crippen LogP contribution in [0.15, 0.2) is 95.6 Å². The first-order chi connectivity index (χ1) is 21.2. The maximum absolute atomic E-state index is 4.82. The number of pyridine rings is 1. The molecule has 4 heteroatoms. The van der Waals surface area contributed by atoms with Crippen LogP contribution < -0.4 is 9.80 Å². The van der Waals surface area contributed by atoms with Crippen LogP contribution in [0.25, 0.3) is 10.9 Å². The van der Waals surface area contributed by atoms with E-state index in [0.29, 0.717) is 6.54 Å². The Morgan fingerprint density at radius 3 is 2.23 bits per heavy atom. The number of fused-ring (bicyclic) bond motifs is 1. The normalized spacial score (nSPS) is 16.1. The van der Waals surface area contributed by atoms with Gasteiger partial charge in [-0.1, -0.05) is 41.9 Å². The second kappa shape index (κ2) is 13.5. The molecule has 0 bridgehead atoms. The summed E-state index contributed by atoms with van der Waals surface area (Å²) in [5.41, 5.74) is 8.58. The summed E-state index contributed by atoms with van der Waals surface area (Å²) in [7, 11) is 0. The highest BCUT2D eigenvalue weighted by Crippen LogP contribution is 2.32. The first-order valence-corrected chi connectivity index (χ1v) is 15.5. The topological polar surface area (TPSA) is 31.7 Å². The maximum Gasteiger partial charge on any atom is 0.0714 e. The molecule has 0 amide bonds. The van der Waals surface area contributed by atoms with E-state index in [1.807, 2.05) is 30.6 Å². The number of aliphatic imine (C=N–C) groups is 1. The molecule has 4 aromatic rings. The molecule has 1 atom stereocenters. The van der Waals surface area contributed by atoms with E-state index < -0.39 is 0 Å². The number of rotatable bonds is 5. The van der Waals surface area contributed by atoms with Crippen molar-refractivity contribution in [3.05, 3.63) is 113 Å². The first kappa shape index (κ1) is 28.3. The number of nitrogens with zero attached hydrogens (tertiary/aromatic N) is 4. The molecule has 6 rings (SSSR count). The Labute approximate surface area is 256 Å². The van der Waals surface area contributed by atoms with Gasteiger partial charge in [0.15, 0.2) is 0 Å². The van der Waals surface area contributed by atoms with E-state index in [-0.39, 0.29) is 5.92 Å². The average molecular weight is 563 g/mol. The second-order valence-corrected chi connectivity index (χ2v) is 11.1. The summed E-state index contributed by atoms with van der Waals surface area (Å²) < 4.78 is 0. The van der Waals surface area contributed by atoms with E-state index in [9.17, 15) is 0 Å². The van der Waals surface area contributed by atoms with Gasteiger partial charge >= 0.3 is 0 Å². The molecule has 0 spiro atoms. The van der Waals surface area contributed by atoms with E-state index in [4.69, 9.17) is 4.98 Å². The molecule has 1 saturated heterocycles. The largest absolute Gasteiger partial charge is 0.372 e. The van der Waals surface area contributed by atoms with Crippen LogP contribution in [-0.2, 0) is 0 Å². The molecule has 2 aliphatic heterocycles. The highest BCUT2D eigenvalue weighted by atomic mass is 15.1. The van der Waals surface area contributed by atoms with E-state index in [1.165, 1.54) is 30.6 Å². The number of hydrogen-bond donors (Lipinski definition) is 0. The molecule has 3 heterocycles. The summed E-state index contributed by atoms with van der Waals surface area (Å²) in [6.07, 6.45) is 9.78. The highest BCUT2D eigenvalue weighted by Gasteiger charge is 2.22. The van der Waals surface area contributed by atoms with E-state index >= 15 is 0 Å². The van der Waals surface area contributed by atoms with Gasteiger partial charge in [0, 0.05) is 83.5 Å². The Balaban J connectivity index is 1.31. The fourth-order valence-electron chi connectivity index (χ4n) is 6.00. The minimum Gasteiger partial charge on any atom is -0.372 e. The van der Waals surface area contributed by atoms with Crippen molar-refractivity contribution in [2.45, 2.75) is 39.0 Å². The summed E-state index contributed by atoms with van der Waals surface area (Å²) in [6, 6.07) is 25.5. The van der Waals surface area contributed by atoms with Gasteiger partial charge in [-0.05, 0) is 99.3 Å². The third-order valence-corrected chi connectivity index (χ3v) is 8.47. The van der Waals surface area contributed by atoms with Crippen LogP contribution in [0, 0.1) is 23.7 Å². The molecule has 214 valence electrons. The van der Waals surface area contributed by atoms with Gasteiger partial charge < -0.3 is 9.80 Å². The third kappa shape index (κ3) is 6.50. The van der Waals surface area contributed by atoms with Gasteiger partial charge in [-0.15, -0.1) is 0 Å². The SMILES string of the molecule is CCN(CC)c1ccc(C#Cc2c(C3CN=CC=C3C#Cc3ccc(N4CCCCC4)cc3)cnc3ccccc23)cc1. The lowest BCUT2D eigenvalue weighted by molar-refractivity contribution is 0.578. The van der Waals surface area contributed by atoms with Crippen molar-refractivity contribution in [1.29, 1.82) is 0 Å². The summed E-state index contributed by atoms with van der Waals surface area (Å²) in [5.74, 6) is 13.9. The van der Waals surface area contributed by atoms with E-state index in [2.05, 4.69) is 113 Å². The fourth-order valence-corrected chi connectivity index (χ4v) is 6.00. The van der Waals surface area contributed by atoms with Gasteiger partial charge in [-0.2, -0.15) is 0 Å². The van der Waals surface area contributed by atoms with Gasteiger partial charge in [-0.25, -0.2) is 0 Å². The molecule has 0 radical (unpaired) electrons. The summed E-state index contributed by atoms with van der Waals surface area (Å²) in [5, 5.41) is 1.06. The van der Waals surface area contributed by atoms with Crippen molar-refractivity contribution in [2.24, 2.45) is 4.99 Å². The average Bonchev–Trinajstić information content (AvgIpc) is 3.08. The lowest BCUT2D eigenvalue weighted by Crippen LogP contribution is -2.29. The van der Waals surface area contributed by atoms with Gasteiger partial charge in [0.05, 0.1) is 12.1 Å². The molecular formula is C39H38N4. The Bertz CT molecular complexity index is 1750. The summed E-state index contributed by atoms with van der Waals surface area (Å²) in [4.78, 5) is 14.3. The van der Waals surface area contributed by atoms with Crippen molar-refractivity contribution >= 4 is 28.5 Å². The molecule has 2 aliphatic rings. The van der Waals surface area contributed by atoms with Crippen LogP contribution in [0.4, 0.5) is 11.4 Å². The molecule has 43 heavy (non-hydrogen) atoms. The summed E-state index contributed by atoms with van der Waals surface area (Å²) in [6.45, 7) is 9.25.